The molecule has 0 radical (unpaired) electrons. The van der Waals surface area contributed by atoms with Crippen molar-refractivity contribution in [2.45, 2.75) is 76.7 Å². The Bertz CT molecular complexity index is 452. The van der Waals surface area contributed by atoms with Gasteiger partial charge in [0.15, 0.2) is 11.4 Å². The summed E-state index contributed by atoms with van der Waals surface area (Å²) in [6.07, 6.45) is 8.73. The highest BCUT2D eigenvalue weighted by Crippen LogP contribution is 2.32. The molecular weight excluding hydrogens is 256 g/mol. The van der Waals surface area contributed by atoms with E-state index in [0.717, 1.165) is 18.7 Å². The average Bonchev–Trinajstić information content (AvgIpc) is 2.86. The van der Waals surface area contributed by atoms with E-state index in [1.165, 1.54) is 32.1 Å². The summed E-state index contributed by atoms with van der Waals surface area (Å²) in [6.45, 7) is 3.55. The first-order chi connectivity index (χ1) is 9.59. The molecule has 1 saturated carbocycles. The van der Waals surface area contributed by atoms with Gasteiger partial charge in [0.2, 0.25) is 0 Å². The summed E-state index contributed by atoms with van der Waals surface area (Å²) in [5, 5.41) is 21.4. The minimum atomic E-state index is -1.05. The Morgan fingerprint density at radius 2 is 1.90 bits per heavy atom. The van der Waals surface area contributed by atoms with Crippen LogP contribution in [0.2, 0.25) is 0 Å². The number of carboxylic acid groups (broad SMARTS) is 1. The summed E-state index contributed by atoms with van der Waals surface area (Å²) in [6, 6.07) is 0. The van der Waals surface area contributed by atoms with Crippen molar-refractivity contribution in [1.29, 1.82) is 0 Å². The van der Waals surface area contributed by atoms with Crippen LogP contribution in [0.4, 0.5) is 0 Å². The van der Waals surface area contributed by atoms with E-state index in [2.05, 4.69) is 15.5 Å². The zero-order valence-corrected chi connectivity index (χ0v) is 12.4. The number of carboxylic acids is 1. The first-order valence-electron chi connectivity index (χ1n) is 7.61. The fourth-order valence-corrected chi connectivity index (χ4v) is 2.91. The molecule has 1 aliphatic carbocycles. The van der Waals surface area contributed by atoms with E-state index in [1.807, 2.05) is 6.92 Å². The third-order valence-corrected chi connectivity index (χ3v) is 4.58. The Morgan fingerprint density at radius 1 is 1.30 bits per heavy atom. The van der Waals surface area contributed by atoms with E-state index >= 15 is 0 Å². The van der Waals surface area contributed by atoms with Gasteiger partial charge in [-0.1, -0.05) is 39.0 Å². The minimum absolute atomic E-state index is 0.288. The lowest BCUT2D eigenvalue weighted by atomic mass is 9.89. The molecule has 1 aliphatic rings. The van der Waals surface area contributed by atoms with Crippen LogP contribution in [-0.4, -0.2) is 31.3 Å². The van der Waals surface area contributed by atoms with Crippen molar-refractivity contribution in [3.05, 3.63) is 5.82 Å². The van der Waals surface area contributed by atoms with Gasteiger partial charge in [-0.3, -0.25) is 0 Å². The Balaban J connectivity index is 2.29. The van der Waals surface area contributed by atoms with Gasteiger partial charge in [0.25, 0.3) is 0 Å². The molecule has 1 fully saturated rings. The topological polar surface area (TPSA) is 80.9 Å². The van der Waals surface area contributed by atoms with Crippen molar-refractivity contribution < 1.29 is 9.90 Å². The summed E-state index contributed by atoms with van der Waals surface area (Å²) in [5.74, 6) is 0.161. The normalized spacial score (nSPS) is 20.9. The molecule has 1 N–H and O–H groups in total. The zero-order valence-electron chi connectivity index (χ0n) is 12.4. The average molecular weight is 280 g/mol. The molecule has 0 aliphatic heterocycles. The first-order valence-corrected chi connectivity index (χ1v) is 7.61. The van der Waals surface area contributed by atoms with Crippen LogP contribution in [0.25, 0.3) is 0 Å². The number of nitrogens with zero attached hydrogens (tertiary/aromatic N) is 4. The van der Waals surface area contributed by atoms with Crippen LogP contribution in [0.3, 0.4) is 0 Å². The second kappa shape index (κ2) is 6.33. The largest absolute Gasteiger partial charge is 0.479 e. The molecule has 112 valence electrons. The van der Waals surface area contributed by atoms with E-state index < -0.39 is 11.5 Å². The lowest BCUT2D eigenvalue weighted by Crippen LogP contribution is -2.40. The number of aliphatic carboxylic acids is 1. The van der Waals surface area contributed by atoms with E-state index in [9.17, 15) is 9.90 Å². The van der Waals surface area contributed by atoms with Gasteiger partial charge < -0.3 is 5.11 Å². The van der Waals surface area contributed by atoms with E-state index in [0.29, 0.717) is 6.42 Å². The summed E-state index contributed by atoms with van der Waals surface area (Å²) in [4.78, 5) is 11.6. The van der Waals surface area contributed by atoms with Crippen molar-refractivity contribution in [3.8, 4) is 0 Å². The SMILES string of the molecule is CCC(C)(C(=O)O)n1nnnc1C1CCCCCCC1. The van der Waals surface area contributed by atoms with Crippen molar-refractivity contribution in [1.82, 2.24) is 20.2 Å². The predicted octanol–water partition coefficient (Wildman–Crippen LogP) is 2.71. The van der Waals surface area contributed by atoms with Crippen molar-refractivity contribution in [2.24, 2.45) is 0 Å². The predicted molar refractivity (Wildman–Crippen MR) is 74.5 cm³/mol. The monoisotopic (exact) mass is 280 g/mol. The maximum atomic E-state index is 11.6. The Morgan fingerprint density at radius 3 is 2.45 bits per heavy atom. The van der Waals surface area contributed by atoms with Crippen LogP contribution in [0, 0.1) is 0 Å². The number of aromatic nitrogens is 4. The van der Waals surface area contributed by atoms with Crippen molar-refractivity contribution in [3.63, 3.8) is 0 Å². The summed E-state index contributed by atoms with van der Waals surface area (Å²) < 4.78 is 1.54. The van der Waals surface area contributed by atoms with Crippen LogP contribution in [0.15, 0.2) is 0 Å². The number of rotatable bonds is 4. The molecule has 0 amide bonds. The molecule has 1 atom stereocenters. The lowest BCUT2D eigenvalue weighted by Gasteiger charge is -2.27. The first kappa shape index (κ1) is 14.9. The summed E-state index contributed by atoms with van der Waals surface area (Å²) >= 11 is 0. The minimum Gasteiger partial charge on any atom is -0.479 e. The zero-order chi connectivity index (χ0) is 14.6. The molecule has 6 nitrogen and oxygen atoms in total. The fraction of sp³-hybridized carbons (Fsp3) is 0.857. The maximum absolute atomic E-state index is 11.6. The summed E-state index contributed by atoms with van der Waals surface area (Å²) in [7, 11) is 0. The molecule has 1 heterocycles. The van der Waals surface area contributed by atoms with Crippen LogP contribution in [0.5, 0.6) is 0 Å². The highest BCUT2D eigenvalue weighted by atomic mass is 16.4. The molecule has 1 aromatic heterocycles. The molecular formula is C14H24N4O2. The van der Waals surface area contributed by atoms with Gasteiger partial charge in [0, 0.05) is 5.92 Å². The van der Waals surface area contributed by atoms with Crippen LogP contribution < -0.4 is 0 Å². The molecule has 1 aromatic rings. The van der Waals surface area contributed by atoms with E-state index in [-0.39, 0.29) is 5.92 Å². The van der Waals surface area contributed by atoms with Crippen LogP contribution in [-0.2, 0) is 10.3 Å². The van der Waals surface area contributed by atoms with Gasteiger partial charge >= 0.3 is 5.97 Å². The fourth-order valence-electron chi connectivity index (χ4n) is 2.91. The highest BCUT2D eigenvalue weighted by molar-refractivity contribution is 5.76. The Labute approximate surface area is 119 Å². The molecule has 0 aromatic carbocycles. The number of carbonyl (C=O) groups is 1. The molecule has 6 heteroatoms. The standard InChI is InChI=1S/C14H24N4O2/c1-3-14(2,13(19)20)18-12(15-16-17-18)11-9-7-5-4-6-8-10-11/h11H,3-10H2,1-2H3,(H,19,20). The van der Waals surface area contributed by atoms with Gasteiger partial charge in [-0.05, 0) is 36.6 Å². The van der Waals surface area contributed by atoms with Gasteiger partial charge in [-0.2, -0.15) is 0 Å². The quantitative estimate of drug-likeness (QED) is 0.917. The third kappa shape index (κ3) is 2.83. The molecule has 0 saturated heterocycles. The lowest BCUT2D eigenvalue weighted by molar-refractivity contribution is -0.147. The van der Waals surface area contributed by atoms with Gasteiger partial charge in [0.1, 0.15) is 0 Å². The number of hydrogen-bond donors (Lipinski definition) is 1. The molecule has 0 bridgehead atoms. The van der Waals surface area contributed by atoms with E-state index in [1.54, 1.807) is 11.6 Å². The number of hydrogen-bond acceptors (Lipinski definition) is 4. The highest BCUT2D eigenvalue weighted by Gasteiger charge is 2.38. The summed E-state index contributed by atoms with van der Waals surface area (Å²) in [5.41, 5.74) is -1.05. The Kier molecular flexibility index (Phi) is 4.73. The smallest absolute Gasteiger partial charge is 0.331 e. The second-order valence-electron chi connectivity index (χ2n) is 5.92. The number of tetrazole rings is 1. The van der Waals surface area contributed by atoms with E-state index in [4.69, 9.17) is 0 Å². The van der Waals surface area contributed by atoms with Crippen LogP contribution >= 0.6 is 0 Å². The molecule has 1 unspecified atom stereocenters. The van der Waals surface area contributed by atoms with Crippen molar-refractivity contribution in [2.75, 3.05) is 0 Å². The second-order valence-corrected chi connectivity index (χ2v) is 5.92. The van der Waals surface area contributed by atoms with Gasteiger partial charge in [-0.25, -0.2) is 9.48 Å². The van der Waals surface area contributed by atoms with Gasteiger partial charge in [-0.15, -0.1) is 5.10 Å². The third-order valence-electron chi connectivity index (χ3n) is 4.58. The Hall–Kier alpha value is -1.46. The van der Waals surface area contributed by atoms with Crippen LogP contribution in [0.1, 0.15) is 77.0 Å². The van der Waals surface area contributed by atoms with Crippen molar-refractivity contribution >= 4 is 5.97 Å². The van der Waals surface area contributed by atoms with Gasteiger partial charge in [0.05, 0.1) is 0 Å². The molecule has 2 rings (SSSR count). The molecule has 20 heavy (non-hydrogen) atoms. The maximum Gasteiger partial charge on any atom is 0.331 e. The molecule has 0 spiro atoms.